The van der Waals surface area contributed by atoms with Gasteiger partial charge in [0.25, 0.3) is 0 Å². The highest BCUT2D eigenvalue weighted by Gasteiger charge is 2.27. The number of nitrogens with zero attached hydrogens (tertiary/aromatic N) is 4. The second-order valence-corrected chi connectivity index (χ2v) is 10.3. The molecular formula is C24H21Cl2N5O3S. The number of tetrazole rings is 1. The number of halogens is 2. The molecule has 0 spiro atoms. The third-order valence-corrected chi connectivity index (χ3v) is 6.97. The van der Waals surface area contributed by atoms with Crippen molar-refractivity contribution in [3.05, 3.63) is 57.6 Å². The number of amides is 1. The molecule has 2 aromatic carbocycles. The largest absolute Gasteiger partial charge is 0.480 e. The zero-order valence-electron chi connectivity index (χ0n) is 18.9. The average Bonchev–Trinajstić information content (AvgIpc) is 3.55. The molecule has 0 aliphatic heterocycles. The van der Waals surface area contributed by atoms with Gasteiger partial charge in [0.2, 0.25) is 11.1 Å². The number of aliphatic carboxylic acids is 1. The number of carbonyl (C=O) groups is 2. The van der Waals surface area contributed by atoms with Crippen LogP contribution in [0.1, 0.15) is 43.7 Å². The molecule has 2 N–H and O–H groups in total. The summed E-state index contributed by atoms with van der Waals surface area (Å²) in [7, 11) is 0. The van der Waals surface area contributed by atoms with Crippen LogP contribution in [0.5, 0.6) is 0 Å². The van der Waals surface area contributed by atoms with Gasteiger partial charge in [-0.25, -0.2) is 0 Å². The minimum atomic E-state index is -1.19. The lowest BCUT2D eigenvalue weighted by atomic mass is 9.94. The Bertz CT molecular complexity index is 1360. The molecule has 0 saturated heterocycles. The van der Waals surface area contributed by atoms with E-state index >= 15 is 0 Å². The van der Waals surface area contributed by atoms with Crippen molar-refractivity contribution in [3.63, 3.8) is 0 Å². The van der Waals surface area contributed by atoms with Gasteiger partial charge in [0.15, 0.2) is 0 Å². The van der Waals surface area contributed by atoms with Gasteiger partial charge in [0.05, 0.1) is 27.2 Å². The molecule has 0 bridgehead atoms. The maximum atomic E-state index is 12.6. The molecule has 0 radical (unpaired) electrons. The summed E-state index contributed by atoms with van der Waals surface area (Å²) >= 11 is 14.1. The van der Waals surface area contributed by atoms with E-state index in [0.29, 0.717) is 33.0 Å². The first kappa shape index (κ1) is 25.0. The van der Waals surface area contributed by atoms with Crippen molar-refractivity contribution in [1.29, 1.82) is 0 Å². The molecule has 8 nitrogen and oxygen atoms in total. The maximum Gasteiger partial charge on any atom is 0.321 e. The predicted octanol–water partition coefficient (Wildman–Crippen LogP) is 5.04. The highest BCUT2D eigenvalue weighted by Crippen LogP contribution is 2.44. The zero-order chi connectivity index (χ0) is 25.2. The van der Waals surface area contributed by atoms with Crippen molar-refractivity contribution in [1.82, 2.24) is 20.2 Å². The normalized spacial score (nSPS) is 13.1. The predicted molar refractivity (Wildman–Crippen MR) is 135 cm³/mol. The molecule has 0 unspecified atom stereocenters. The highest BCUT2D eigenvalue weighted by molar-refractivity contribution is 7.99. The number of rotatable bonds is 7. The number of benzene rings is 2. The average molecular weight is 530 g/mol. The lowest BCUT2D eigenvalue weighted by molar-refractivity contribution is -0.143. The third kappa shape index (κ3) is 5.96. The summed E-state index contributed by atoms with van der Waals surface area (Å²) in [4.78, 5) is 23.8. The minimum Gasteiger partial charge on any atom is -0.480 e. The van der Waals surface area contributed by atoms with E-state index in [1.807, 2.05) is 18.2 Å². The quantitative estimate of drug-likeness (QED) is 0.325. The Morgan fingerprint density at radius 3 is 2.71 bits per heavy atom. The van der Waals surface area contributed by atoms with Crippen LogP contribution in [-0.2, 0) is 9.59 Å². The van der Waals surface area contributed by atoms with Gasteiger partial charge < -0.3 is 10.4 Å². The first-order valence-corrected chi connectivity index (χ1v) is 12.5. The summed E-state index contributed by atoms with van der Waals surface area (Å²) in [5, 5.41) is 25.1. The fourth-order valence-electron chi connectivity index (χ4n) is 3.12. The van der Waals surface area contributed by atoms with E-state index in [2.05, 4.69) is 32.7 Å². The van der Waals surface area contributed by atoms with Gasteiger partial charge in [-0.15, -0.1) is 5.10 Å². The van der Waals surface area contributed by atoms with Gasteiger partial charge in [0, 0.05) is 5.56 Å². The van der Waals surface area contributed by atoms with Crippen LogP contribution in [0.3, 0.4) is 0 Å². The molecule has 1 aromatic heterocycles. The van der Waals surface area contributed by atoms with Crippen LogP contribution < -0.4 is 5.32 Å². The van der Waals surface area contributed by atoms with E-state index in [9.17, 15) is 9.59 Å². The lowest BCUT2D eigenvalue weighted by Gasteiger charge is -2.11. The minimum absolute atomic E-state index is 0.0466. The maximum absolute atomic E-state index is 12.6. The Morgan fingerprint density at radius 1 is 1.26 bits per heavy atom. The molecule has 1 aliphatic carbocycles. The number of anilines is 1. The van der Waals surface area contributed by atoms with Gasteiger partial charge in [-0.05, 0) is 72.9 Å². The number of thioether (sulfide) groups is 1. The van der Waals surface area contributed by atoms with Crippen molar-refractivity contribution in [3.8, 4) is 17.5 Å². The van der Waals surface area contributed by atoms with E-state index in [4.69, 9.17) is 28.3 Å². The SMILES string of the molecule is CC(C)(C#Cc1ccc(NC(=O)CSc2nnnn2-c2cccc(C3CC3)c2Cl)c(Cl)c1)C(=O)O. The van der Waals surface area contributed by atoms with Crippen LogP contribution in [0.15, 0.2) is 41.6 Å². The summed E-state index contributed by atoms with van der Waals surface area (Å²) in [6.45, 7) is 3.04. The van der Waals surface area contributed by atoms with Gasteiger partial charge in [-0.3, -0.25) is 9.59 Å². The smallest absolute Gasteiger partial charge is 0.321 e. The molecule has 1 fully saturated rings. The fourth-order valence-corrected chi connectivity index (χ4v) is 4.39. The lowest BCUT2D eigenvalue weighted by Crippen LogP contribution is -2.21. The van der Waals surface area contributed by atoms with Crippen LogP contribution >= 0.6 is 35.0 Å². The highest BCUT2D eigenvalue weighted by atomic mass is 35.5. The van der Waals surface area contributed by atoms with Crippen molar-refractivity contribution in [2.75, 3.05) is 11.1 Å². The molecule has 35 heavy (non-hydrogen) atoms. The van der Waals surface area contributed by atoms with Gasteiger partial charge in [-0.2, -0.15) is 4.68 Å². The van der Waals surface area contributed by atoms with Crippen LogP contribution in [-0.4, -0.2) is 42.9 Å². The standard InChI is InChI=1S/C24H21Cl2N5O3S/c1-24(2,22(33)34)11-10-14-6-9-18(17(25)12-14)27-20(32)13-35-23-28-29-30-31(23)19-5-3-4-16(21(19)26)15-7-8-15/h3-6,9,12,15H,7-8,13H2,1-2H3,(H,27,32)(H,33,34). The molecule has 1 aliphatic rings. The topological polar surface area (TPSA) is 110 Å². The van der Waals surface area contributed by atoms with Gasteiger partial charge in [0.1, 0.15) is 5.41 Å². The Hall–Kier alpha value is -3.06. The van der Waals surface area contributed by atoms with Crippen LogP contribution in [0, 0.1) is 17.3 Å². The fraction of sp³-hybridized carbons (Fsp3) is 0.292. The first-order chi connectivity index (χ1) is 16.7. The summed E-state index contributed by atoms with van der Waals surface area (Å²) < 4.78 is 1.53. The van der Waals surface area contributed by atoms with Crippen LogP contribution in [0.25, 0.3) is 5.69 Å². The number of carboxylic acids is 1. The number of hydrogen-bond donors (Lipinski definition) is 2. The Balaban J connectivity index is 1.41. The molecule has 1 amide bonds. The summed E-state index contributed by atoms with van der Waals surface area (Å²) in [6, 6.07) is 10.6. The van der Waals surface area contributed by atoms with E-state index in [1.165, 1.54) is 30.3 Å². The number of carbonyl (C=O) groups excluding carboxylic acids is 1. The Kier molecular flexibility index (Phi) is 7.36. The summed E-state index contributed by atoms with van der Waals surface area (Å²) in [6.07, 6.45) is 2.24. The Labute approximate surface area is 216 Å². The van der Waals surface area contributed by atoms with Crippen molar-refractivity contribution in [2.24, 2.45) is 5.41 Å². The van der Waals surface area contributed by atoms with Crippen LogP contribution in [0.4, 0.5) is 5.69 Å². The number of hydrogen-bond acceptors (Lipinski definition) is 6. The van der Waals surface area contributed by atoms with E-state index < -0.39 is 11.4 Å². The van der Waals surface area contributed by atoms with Crippen molar-refractivity contribution < 1.29 is 14.7 Å². The second-order valence-electron chi connectivity index (χ2n) is 8.54. The molecule has 1 saturated carbocycles. The monoisotopic (exact) mass is 529 g/mol. The van der Waals surface area contributed by atoms with Crippen molar-refractivity contribution >= 4 is 52.5 Å². The summed E-state index contributed by atoms with van der Waals surface area (Å²) in [5.74, 6) is 4.73. The van der Waals surface area contributed by atoms with E-state index in [1.54, 1.807) is 18.2 Å². The summed E-state index contributed by atoms with van der Waals surface area (Å²) in [5.41, 5.74) is 1.54. The Morgan fingerprint density at radius 2 is 2.03 bits per heavy atom. The van der Waals surface area contributed by atoms with Crippen LogP contribution in [0.2, 0.25) is 10.0 Å². The number of aromatic nitrogens is 4. The van der Waals surface area contributed by atoms with Gasteiger partial charge >= 0.3 is 5.97 Å². The zero-order valence-corrected chi connectivity index (χ0v) is 21.2. The number of nitrogens with one attached hydrogen (secondary N) is 1. The van der Waals surface area contributed by atoms with E-state index in [-0.39, 0.29) is 16.7 Å². The molecule has 180 valence electrons. The van der Waals surface area contributed by atoms with E-state index in [0.717, 1.165) is 18.4 Å². The third-order valence-electron chi connectivity index (χ3n) is 5.32. The molecule has 4 rings (SSSR count). The molecule has 1 heterocycles. The number of carboxylic acid groups (broad SMARTS) is 1. The molecule has 0 atom stereocenters. The molecule has 3 aromatic rings. The first-order valence-electron chi connectivity index (χ1n) is 10.7. The second kappa shape index (κ2) is 10.3. The van der Waals surface area contributed by atoms with Crippen molar-refractivity contribution in [2.45, 2.75) is 37.8 Å². The van der Waals surface area contributed by atoms with Gasteiger partial charge in [-0.1, -0.05) is 58.9 Å². The molecule has 11 heteroatoms. The molecular weight excluding hydrogens is 509 g/mol.